The highest BCUT2D eigenvalue weighted by Crippen LogP contribution is 2.16. The van der Waals surface area contributed by atoms with E-state index in [1.165, 1.54) is 0 Å². The van der Waals surface area contributed by atoms with Crippen LogP contribution in [0.5, 0.6) is 0 Å². The van der Waals surface area contributed by atoms with Crippen molar-refractivity contribution in [3.05, 3.63) is 42.6 Å². The molecule has 1 aliphatic rings. The van der Waals surface area contributed by atoms with Crippen molar-refractivity contribution in [2.45, 2.75) is 19.8 Å². The van der Waals surface area contributed by atoms with E-state index in [0.717, 1.165) is 17.0 Å². The average molecular weight is 375 g/mol. The largest absolute Gasteiger partial charge is 0.331 e. The van der Waals surface area contributed by atoms with Crippen LogP contribution in [-0.2, 0) is 9.59 Å². The Morgan fingerprint density at radius 3 is 2.58 bits per heavy atom. The topological polar surface area (TPSA) is 103 Å². The van der Waals surface area contributed by atoms with Crippen LogP contribution in [0, 0.1) is 5.92 Å². The monoisotopic (exact) mass is 375 g/mol. The fourth-order valence-corrected chi connectivity index (χ4v) is 2.51. The lowest BCUT2D eigenvalue weighted by atomic mass is 10.0. The molecule has 4 amide bonds. The van der Waals surface area contributed by atoms with Crippen LogP contribution < -0.4 is 21.5 Å². The van der Waals surface area contributed by atoms with Gasteiger partial charge in [-0.1, -0.05) is 38.1 Å². The molecule has 1 heterocycles. The van der Waals surface area contributed by atoms with Crippen LogP contribution >= 0.6 is 12.2 Å². The summed E-state index contributed by atoms with van der Waals surface area (Å²) >= 11 is 5.14. The van der Waals surface area contributed by atoms with E-state index in [-0.39, 0.29) is 17.4 Å². The van der Waals surface area contributed by atoms with E-state index < -0.39 is 23.8 Å². The lowest BCUT2D eigenvalue weighted by molar-refractivity contribution is -0.141. The number of carbonyl (C=O) groups is 3. The number of benzene rings is 1. The molecule has 0 aromatic heterocycles. The average Bonchev–Trinajstić information content (AvgIpc) is 2.60. The molecule has 0 radical (unpaired) electrons. The molecule has 8 nitrogen and oxygen atoms in total. The summed E-state index contributed by atoms with van der Waals surface area (Å²) in [5.74, 6) is -2.53. The number of unbranched alkanes of at least 4 members (excludes halogenated alkanes) is 1. The summed E-state index contributed by atoms with van der Waals surface area (Å²) in [6, 6.07) is 8.54. The summed E-state index contributed by atoms with van der Waals surface area (Å²) in [7, 11) is 0. The van der Waals surface area contributed by atoms with Crippen molar-refractivity contribution < 1.29 is 14.4 Å². The van der Waals surface area contributed by atoms with Crippen LogP contribution in [0.25, 0.3) is 0 Å². The van der Waals surface area contributed by atoms with Crippen molar-refractivity contribution in [2.75, 3.05) is 11.9 Å². The first-order valence-electron chi connectivity index (χ1n) is 8.17. The Morgan fingerprint density at radius 1 is 1.23 bits per heavy atom. The summed E-state index contributed by atoms with van der Waals surface area (Å²) in [6.07, 6.45) is 1.47. The van der Waals surface area contributed by atoms with E-state index in [1.807, 2.05) is 37.3 Å². The van der Waals surface area contributed by atoms with Crippen LogP contribution in [-0.4, -0.2) is 34.4 Å². The molecule has 1 atom stereocenters. The maximum Gasteiger partial charge on any atom is 0.330 e. The molecule has 0 bridgehead atoms. The number of carbonyl (C=O) groups excluding carboxylic acids is 3. The zero-order valence-electron chi connectivity index (χ0n) is 14.4. The van der Waals surface area contributed by atoms with Crippen LogP contribution in [0.1, 0.15) is 19.8 Å². The first-order chi connectivity index (χ1) is 12.4. The van der Waals surface area contributed by atoms with Crippen molar-refractivity contribution in [3.63, 3.8) is 0 Å². The van der Waals surface area contributed by atoms with Gasteiger partial charge in [0.15, 0.2) is 11.0 Å². The summed E-state index contributed by atoms with van der Waals surface area (Å²) in [5, 5.41) is 5.35. The molecule has 4 N–H and O–H groups in total. The van der Waals surface area contributed by atoms with E-state index in [1.54, 1.807) is 0 Å². The van der Waals surface area contributed by atoms with Gasteiger partial charge in [0.2, 0.25) is 11.8 Å². The summed E-state index contributed by atoms with van der Waals surface area (Å²) in [5.41, 5.74) is 6.20. The molecule has 1 aromatic rings. The van der Waals surface area contributed by atoms with Gasteiger partial charge in [-0.2, -0.15) is 0 Å². The fourth-order valence-electron chi connectivity index (χ4n) is 2.34. The molecule has 0 saturated carbocycles. The molecular weight excluding hydrogens is 354 g/mol. The minimum Gasteiger partial charge on any atom is -0.331 e. The van der Waals surface area contributed by atoms with Gasteiger partial charge in [-0.05, 0) is 30.8 Å². The Morgan fingerprint density at radius 2 is 1.92 bits per heavy atom. The van der Waals surface area contributed by atoms with E-state index in [2.05, 4.69) is 28.1 Å². The third kappa shape index (κ3) is 4.79. The minimum absolute atomic E-state index is 0.0960. The first-order valence-corrected chi connectivity index (χ1v) is 8.58. The lowest BCUT2D eigenvalue weighted by Crippen LogP contribution is -2.60. The Bertz CT molecular complexity index is 722. The van der Waals surface area contributed by atoms with Gasteiger partial charge < -0.3 is 10.7 Å². The van der Waals surface area contributed by atoms with Gasteiger partial charge in [0.05, 0.1) is 0 Å². The number of para-hydroxylation sites is 1. The molecule has 26 heavy (non-hydrogen) atoms. The number of nitrogens with one attached hydrogen (secondary N) is 4. The Balaban J connectivity index is 1.94. The highest BCUT2D eigenvalue weighted by Gasteiger charge is 2.41. The van der Waals surface area contributed by atoms with E-state index in [9.17, 15) is 14.4 Å². The molecule has 1 fully saturated rings. The third-order valence-electron chi connectivity index (χ3n) is 3.70. The molecule has 138 valence electrons. The van der Waals surface area contributed by atoms with Crippen LogP contribution in [0.15, 0.2) is 42.6 Å². The van der Waals surface area contributed by atoms with Crippen molar-refractivity contribution in [1.29, 1.82) is 0 Å². The van der Waals surface area contributed by atoms with Gasteiger partial charge in [0.25, 0.3) is 0 Å². The van der Waals surface area contributed by atoms with Gasteiger partial charge in [-0.15, -0.1) is 0 Å². The predicted molar refractivity (Wildman–Crippen MR) is 102 cm³/mol. The molecule has 2 rings (SSSR count). The van der Waals surface area contributed by atoms with E-state index in [4.69, 9.17) is 12.2 Å². The summed E-state index contributed by atoms with van der Waals surface area (Å²) in [6.45, 7) is 5.91. The smallest absolute Gasteiger partial charge is 0.330 e. The lowest BCUT2D eigenvalue weighted by Gasteiger charge is -2.31. The predicted octanol–water partition coefficient (Wildman–Crippen LogP) is 1.49. The quantitative estimate of drug-likeness (QED) is 0.325. The number of anilines is 1. The minimum atomic E-state index is -1.21. The zero-order valence-corrected chi connectivity index (χ0v) is 15.2. The maximum atomic E-state index is 12.5. The van der Waals surface area contributed by atoms with Crippen LogP contribution in [0.2, 0.25) is 0 Å². The van der Waals surface area contributed by atoms with Crippen LogP contribution in [0.3, 0.4) is 0 Å². The normalized spacial score (nSPS) is 16.7. The molecule has 1 saturated heterocycles. The SMILES string of the molecule is C=C(NNC(=S)Nc1ccccc1)[C@H]1C(=O)NC(=O)N(CCCC)C1=O. The summed E-state index contributed by atoms with van der Waals surface area (Å²) in [4.78, 5) is 37.4. The number of urea groups is 1. The highest BCUT2D eigenvalue weighted by molar-refractivity contribution is 7.80. The van der Waals surface area contributed by atoms with Gasteiger partial charge in [0.1, 0.15) is 0 Å². The number of imide groups is 2. The van der Waals surface area contributed by atoms with Gasteiger partial charge >= 0.3 is 6.03 Å². The third-order valence-corrected chi connectivity index (χ3v) is 3.91. The number of hydrogen-bond donors (Lipinski definition) is 4. The second-order valence-corrected chi connectivity index (χ2v) is 6.07. The first kappa shape index (κ1) is 19.4. The highest BCUT2D eigenvalue weighted by atomic mass is 32.1. The van der Waals surface area contributed by atoms with Gasteiger partial charge in [-0.3, -0.25) is 25.2 Å². The second-order valence-electron chi connectivity index (χ2n) is 5.67. The molecule has 1 aromatic carbocycles. The number of barbiturate groups is 1. The number of hydrogen-bond acceptors (Lipinski definition) is 5. The van der Waals surface area contributed by atoms with Crippen LogP contribution in [0.4, 0.5) is 10.5 Å². The van der Waals surface area contributed by atoms with Crippen molar-refractivity contribution in [3.8, 4) is 0 Å². The number of nitrogens with zero attached hydrogens (tertiary/aromatic N) is 1. The van der Waals surface area contributed by atoms with Crippen molar-refractivity contribution >= 4 is 40.9 Å². The zero-order chi connectivity index (χ0) is 19.1. The number of amides is 4. The summed E-state index contributed by atoms with van der Waals surface area (Å²) < 4.78 is 0. The Hall–Kier alpha value is -2.94. The van der Waals surface area contributed by atoms with Gasteiger partial charge in [0, 0.05) is 17.9 Å². The molecule has 0 unspecified atom stereocenters. The second kappa shape index (κ2) is 8.95. The number of rotatable bonds is 7. The molecular formula is C17H21N5O3S. The van der Waals surface area contributed by atoms with E-state index >= 15 is 0 Å². The van der Waals surface area contributed by atoms with Crippen molar-refractivity contribution in [1.82, 2.24) is 21.1 Å². The number of thiocarbonyl (C=S) groups is 1. The maximum absolute atomic E-state index is 12.5. The Kier molecular flexibility index (Phi) is 6.67. The number of hydrazine groups is 1. The standard InChI is InChI=1S/C17H21N5O3S/c1-3-4-10-22-15(24)13(14(23)19-17(22)25)11(2)20-21-16(26)18-12-8-6-5-7-9-12/h5-9,13,20H,2-4,10H2,1H3,(H2,18,21,26)(H,19,23,25)/t13-/m0/s1. The molecule has 9 heteroatoms. The Labute approximate surface area is 157 Å². The molecule has 0 aliphatic carbocycles. The molecule has 1 aliphatic heterocycles. The van der Waals surface area contributed by atoms with Gasteiger partial charge in [-0.25, -0.2) is 4.79 Å². The molecule has 0 spiro atoms. The fraction of sp³-hybridized carbons (Fsp3) is 0.294. The van der Waals surface area contributed by atoms with E-state index in [0.29, 0.717) is 6.42 Å². The van der Waals surface area contributed by atoms with Crippen molar-refractivity contribution in [2.24, 2.45) is 5.92 Å².